The van der Waals surface area contributed by atoms with Crippen LogP contribution >= 0.6 is 0 Å². The van der Waals surface area contributed by atoms with Crippen LogP contribution in [0.2, 0.25) is 0 Å². The molecule has 14 heavy (non-hydrogen) atoms. The zero-order valence-electron chi connectivity index (χ0n) is 7.86. The molecule has 1 aromatic rings. The van der Waals surface area contributed by atoms with E-state index in [2.05, 4.69) is 0 Å². The summed E-state index contributed by atoms with van der Waals surface area (Å²) in [5.41, 5.74) is 4.85. The summed E-state index contributed by atoms with van der Waals surface area (Å²) >= 11 is 0. The SMILES string of the molecule is Cc1ccc(F)c(C(F)CCN)c1F. The van der Waals surface area contributed by atoms with Gasteiger partial charge in [0.2, 0.25) is 0 Å². The van der Waals surface area contributed by atoms with Crippen molar-refractivity contribution in [3.05, 3.63) is 34.9 Å². The first-order valence-corrected chi connectivity index (χ1v) is 4.36. The fourth-order valence-electron chi connectivity index (χ4n) is 1.26. The lowest BCUT2D eigenvalue weighted by Crippen LogP contribution is -2.08. The summed E-state index contributed by atoms with van der Waals surface area (Å²) in [4.78, 5) is 0. The number of hydrogen-bond donors (Lipinski definition) is 1. The van der Waals surface area contributed by atoms with Crippen molar-refractivity contribution in [1.29, 1.82) is 0 Å². The first-order chi connectivity index (χ1) is 6.57. The molecule has 0 saturated heterocycles. The summed E-state index contributed by atoms with van der Waals surface area (Å²) in [7, 11) is 0. The minimum atomic E-state index is -1.67. The molecule has 0 aliphatic rings. The maximum Gasteiger partial charge on any atom is 0.135 e. The Hall–Kier alpha value is -1.03. The lowest BCUT2D eigenvalue weighted by Gasteiger charge is -2.10. The molecule has 1 aromatic carbocycles. The highest BCUT2D eigenvalue weighted by molar-refractivity contribution is 5.28. The van der Waals surface area contributed by atoms with Crippen LogP contribution in [0.5, 0.6) is 0 Å². The van der Waals surface area contributed by atoms with Crippen molar-refractivity contribution in [2.45, 2.75) is 19.5 Å². The average molecular weight is 203 g/mol. The zero-order chi connectivity index (χ0) is 10.7. The van der Waals surface area contributed by atoms with E-state index in [0.717, 1.165) is 6.07 Å². The molecule has 0 heterocycles. The maximum atomic E-state index is 13.3. The number of halogens is 3. The van der Waals surface area contributed by atoms with Gasteiger partial charge in [-0.05, 0) is 31.5 Å². The molecule has 4 heteroatoms. The summed E-state index contributed by atoms with van der Waals surface area (Å²) in [5, 5.41) is 0. The summed E-state index contributed by atoms with van der Waals surface area (Å²) in [6, 6.07) is 2.35. The highest BCUT2D eigenvalue weighted by atomic mass is 19.2. The Morgan fingerprint density at radius 3 is 2.57 bits per heavy atom. The lowest BCUT2D eigenvalue weighted by atomic mass is 10.0. The number of aryl methyl sites for hydroxylation is 1. The molecule has 1 atom stereocenters. The quantitative estimate of drug-likeness (QED) is 0.802. The van der Waals surface area contributed by atoms with Crippen LogP contribution in [0.1, 0.15) is 23.7 Å². The Morgan fingerprint density at radius 2 is 2.00 bits per heavy atom. The van der Waals surface area contributed by atoms with Gasteiger partial charge >= 0.3 is 0 Å². The van der Waals surface area contributed by atoms with E-state index in [1.54, 1.807) is 0 Å². The fourth-order valence-corrected chi connectivity index (χ4v) is 1.26. The fraction of sp³-hybridized carbons (Fsp3) is 0.400. The lowest BCUT2D eigenvalue weighted by molar-refractivity contribution is 0.305. The van der Waals surface area contributed by atoms with E-state index < -0.39 is 23.4 Å². The van der Waals surface area contributed by atoms with Crippen molar-refractivity contribution in [2.24, 2.45) is 5.73 Å². The van der Waals surface area contributed by atoms with Crippen molar-refractivity contribution in [2.75, 3.05) is 6.54 Å². The highest BCUT2D eigenvalue weighted by Gasteiger charge is 2.20. The van der Waals surface area contributed by atoms with Gasteiger partial charge in [-0.2, -0.15) is 0 Å². The molecule has 0 saturated carbocycles. The van der Waals surface area contributed by atoms with Gasteiger partial charge in [-0.25, -0.2) is 13.2 Å². The van der Waals surface area contributed by atoms with Crippen LogP contribution in [0.15, 0.2) is 12.1 Å². The minimum absolute atomic E-state index is 0.0635. The van der Waals surface area contributed by atoms with Crippen molar-refractivity contribution >= 4 is 0 Å². The van der Waals surface area contributed by atoms with Gasteiger partial charge in [-0.3, -0.25) is 0 Å². The van der Waals surface area contributed by atoms with Crippen LogP contribution in [0.4, 0.5) is 13.2 Å². The first kappa shape index (κ1) is 11.0. The molecule has 1 unspecified atom stereocenters. The van der Waals surface area contributed by atoms with Gasteiger partial charge in [-0.1, -0.05) is 6.07 Å². The second-order valence-corrected chi connectivity index (χ2v) is 3.14. The van der Waals surface area contributed by atoms with Crippen molar-refractivity contribution < 1.29 is 13.2 Å². The van der Waals surface area contributed by atoms with Crippen LogP contribution in [-0.2, 0) is 0 Å². The first-order valence-electron chi connectivity index (χ1n) is 4.36. The van der Waals surface area contributed by atoms with Gasteiger partial charge in [0.25, 0.3) is 0 Å². The summed E-state index contributed by atoms with van der Waals surface area (Å²) in [6.07, 6.45) is -1.74. The summed E-state index contributed by atoms with van der Waals surface area (Å²) < 4.78 is 39.7. The molecule has 0 bridgehead atoms. The van der Waals surface area contributed by atoms with E-state index in [4.69, 9.17) is 5.73 Å². The second kappa shape index (κ2) is 4.46. The number of alkyl halides is 1. The third-order valence-corrected chi connectivity index (χ3v) is 2.05. The second-order valence-electron chi connectivity index (χ2n) is 3.14. The predicted octanol–water partition coefficient (Wildman–Crippen LogP) is 2.63. The van der Waals surface area contributed by atoms with E-state index in [1.165, 1.54) is 13.0 Å². The van der Waals surface area contributed by atoms with Crippen LogP contribution in [0.3, 0.4) is 0 Å². The van der Waals surface area contributed by atoms with Crippen molar-refractivity contribution in [3.63, 3.8) is 0 Å². The van der Waals surface area contributed by atoms with Gasteiger partial charge in [0.1, 0.15) is 17.8 Å². The molecule has 0 aliphatic heterocycles. The van der Waals surface area contributed by atoms with Crippen molar-refractivity contribution in [1.82, 2.24) is 0 Å². The Morgan fingerprint density at radius 1 is 1.36 bits per heavy atom. The molecular weight excluding hydrogens is 191 g/mol. The van der Waals surface area contributed by atoms with E-state index in [1.807, 2.05) is 0 Å². The van der Waals surface area contributed by atoms with E-state index in [9.17, 15) is 13.2 Å². The highest BCUT2D eigenvalue weighted by Crippen LogP contribution is 2.27. The van der Waals surface area contributed by atoms with Gasteiger partial charge in [0, 0.05) is 0 Å². The van der Waals surface area contributed by atoms with Crippen molar-refractivity contribution in [3.8, 4) is 0 Å². The Balaban J connectivity index is 3.11. The third-order valence-electron chi connectivity index (χ3n) is 2.05. The molecule has 1 nitrogen and oxygen atoms in total. The smallest absolute Gasteiger partial charge is 0.135 e. The van der Waals surface area contributed by atoms with Crippen LogP contribution in [0.25, 0.3) is 0 Å². The van der Waals surface area contributed by atoms with Crippen LogP contribution in [-0.4, -0.2) is 6.54 Å². The average Bonchev–Trinajstić information content (AvgIpc) is 2.13. The molecular formula is C10H12F3N. The molecule has 0 fully saturated rings. The third kappa shape index (κ3) is 2.07. The normalized spacial score (nSPS) is 12.9. The van der Waals surface area contributed by atoms with Crippen LogP contribution < -0.4 is 5.73 Å². The Kier molecular flexibility index (Phi) is 3.52. The Bertz CT molecular complexity index is 325. The zero-order valence-corrected chi connectivity index (χ0v) is 7.86. The minimum Gasteiger partial charge on any atom is -0.330 e. The molecule has 0 aromatic heterocycles. The number of hydrogen-bond acceptors (Lipinski definition) is 1. The van der Waals surface area contributed by atoms with Gasteiger partial charge < -0.3 is 5.73 Å². The molecule has 0 aliphatic carbocycles. The van der Waals surface area contributed by atoms with E-state index in [-0.39, 0.29) is 18.5 Å². The topological polar surface area (TPSA) is 26.0 Å². The summed E-state index contributed by atoms with van der Waals surface area (Å²) in [5.74, 6) is -1.67. The van der Waals surface area contributed by atoms with Crippen LogP contribution in [0, 0.1) is 18.6 Å². The number of nitrogens with two attached hydrogens (primary N) is 1. The molecule has 78 valence electrons. The largest absolute Gasteiger partial charge is 0.330 e. The maximum absolute atomic E-state index is 13.3. The number of benzene rings is 1. The van der Waals surface area contributed by atoms with E-state index >= 15 is 0 Å². The molecule has 0 radical (unpaired) electrons. The van der Waals surface area contributed by atoms with Gasteiger partial charge in [0.05, 0.1) is 5.56 Å². The van der Waals surface area contributed by atoms with E-state index in [0.29, 0.717) is 0 Å². The number of rotatable bonds is 3. The Labute approximate surface area is 80.7 Å². The molecule has 1 rings (SSSR count). The summed E-state index contributed by atoms with van der Waals surface area (Å²) in [6.45, 7) is 1.53. The molecule has 0 amide bonds. The predicted molar refractivity (Wildman–Crippen MR) is 48.6 cm³/mol. The van der Waals surface area contributed by atoms with Gasteiger partial charge in [0.15, 0.2) is 0 Å². The molecule has 2 N–H and O–H groups in total. The monoisotopic (exact) mass is 203 g/mol. The van der Waals surface area contributed by atoms with Gasteiger partial charge in [-0.15, -0.1) is 0 Å². The molecule has 0 spiro atoms. The standard InChI is InChI=1S/C10H12F3N/c1-6-2-3-7(11)9(10(6)13)8(12)4-5-14/h2-3,8H,4-5,14H2,1H3.